The van der Waals surface area contributed by atoms with Gasteiger partial charge in [0.25, 0.3) is 5.91 Å². The maximum Gasteiger partial charge on any atom is 0.260 e. The summed E-state index contributed by atoms with van der Waals surface area (Å²) in [6.45, 7) is 7.72. The van der Waals surface area contributed by atoms with E-state index in [2.05, 4.69) is 31.3 Å². The van der Waals surface area contributed by atoms with Crippen LogP contribution in [0.15, 0.2) is 47.6 Å². The first-order valence-corrected chi connectivity index (χ1v) is 11.8. The molecule has 168 valence electrons. The molecule has 0 spiro atoms. The van der Waals surface area contributed by atoms with Gasteiger partial charge in [0, 0.05) is 0 Å². The quantitative estimate of drug-likeness (QED) is 0.495. The summed E-state index contributed by atoms with van der Waals surface area (Å²) in [4.78, 5) is 12.4. The molecule has 0 saturated heterocycles. The minimum absolute atomic E-state index is 0.0389. The largest absolute Gasteiger partial charge is 0.495 e. The second kappa shape index (κ2) is 9.70. The van der Waals surface area contributed by atoms with Crippen LogP contribution in [0.1, 0.15) is 38.8 Å². The summed E-state index contributed by atoms with van der Waals surface area (Å²) in [5.41, 5.74) is 5.36. The van der Waals surface area contributed by atoms with Gasteiger partial charge in [0.2, 0.25) is 10.0 Å². The molecule has 0 bridgehead atoms. The molecule has 0 radical (unpaired) electrons. The lowest BCUT2D eigenvalue weighted by atomic mass is 9.86. The van der Waals surface area contributed by atoms with Gasteiger partial charge < -0.3 is 4.74 Å². The lowest BCUT2D eigenvalue weighted by Gasteiger charge is -2.22. The Morgan fingerprint density at radius 2 is 1.77 bits per heavy atom. The van der Waals surface area contributed by atoms with Gasteiger partial charge in [0.05, 0.1) is 29.8 Å². The minimum atomic E-state index is -3.73. The molecule has 0 aliphatic rings. The van der Waals surface area contributed by atoms with Crippen molar-refractivity contribution >= 4 is 38.9 Å². The second-order valence-corrected chi connectivity index (χ2v) is 10.5. The van der Waals surface area contributed by atoms with E-state index < -0.39 is 22.5 Å². The number of carbonyl (C=O) groups is 1. The number of halogens is 1. The maximum absolute atomic E-state index is 12.4. The smallest absolute Gasteiger partial charge is 0.260 e. The highest BCUT2D eigenvalue weighted by Crippen LogP contribution is 2.30. The van der Waals surface area contributed by atoms with E-state index in [1.165, 1.54) is 30.9 Å². The van der Waals surface area contributed by atoms with E-state index in [0.717, 1.165) is 16.1 Å². The monoisotopic (exact) mass is 465 g/mol. The van der Waals surface area contributed by atoms with E-state index in [9.17, 15) is 13.2 Å². The number of hydrazone groups is 1. The number of anilines is 1. The Balaban J connectivity index is 2.15. The lowest BCUT2D eigenvalue weighted by molar-refractivity contribution is -0.119. The van der Waals surface area contributed by atoms with Crippen LogP contribution in [-0.4, -0.2) is 39.9 Å². The fourth-order valence-electron chi connectivity index (χ4n) is 2.80. The van der Waals surface area contributed by atoms with Crippen molar-refractivity contribution in [3.8, 4) is 5.75 Å². The number of carbonyl (C=O) groups excluding carboxylic acids is 1. The number of sulfonamides is 1. The topological polar surface area (TPSA) is 88.1 Å². The van der Waals surface area contributed by atoms with Gasteiger partial charge in [-0.15, -0.1) is 0 Å². The van der Waals surface area contributed by atoms with Crippen LogP contribution < -0.4 is 14.5 Å². The lowest BCUT2D eigenvalue weighted by Crippen LogP contribution is -2.39. The van der Waals surface area contributed by atoms with Crippen LogP contribution in [0.5, 0.6) is 5.75 Å². The van der Waals surface area contributed by atoms with E-state index >= 15 is 0 Å². The number of benzene rings is 2. The van der Waals surface area contributed by atoms with Crippen LogP contribution >= 0.6 is 11.6 Å². The number of methoxy groups -OCH3 is 1. The zero-order valence-corrected chi connectivity index (χ0v) is 20.1. The molecule has 2 aromatic rings. The van der Waals surface area contributed by atoms with Gasteiger partial charge >= 0.3 is 0 Å². The highest BCUT2D eigenvalue weighted by Gasteiger charge is 2.22. The Bertz CT molecular complexity index is 1070. The summed E-state index contributed by atoms with van der Waals surface area (Å²) in [5, 5.41) is 4.35. The fourth-order valence-corrected chi connectivity index (χ4v) is 3.90. The molecule has 0 atom stereocenters. The molecule has 7 nitrogen and oxygen atoms in total. The molecule has 9 heteroatoms. The summed E-state index contributed by atoms with van der Waals surface area (Å²) in [5.74, 6) is -0.177. The standard InChI is InChI=1S/C22H28ClN3O4S/c1-15(16-7-9-17(10-8-16)22(2,3)4)24-25-21(27)14-26(31(6,28)29)18-11-12-20(30-5)19(23)13-18/h7-13H,14H2,1-6H3,(H,25,27)/b24-15-. The van der Waals surface area contributed by atoms with Gasteiger partial charge in [-0.05, 0) is 41.7 Å². The molecule has 0 saturated carbocycles. The van der Waals surface area contributed by atoms with Gasteiger partial charge in [-0.1, -0.05) is 56.6 Å². The van der Waals surface area contributed by atoms with E-state index in [-0.39, 0.29) is 16.1 Å². The molecule has 0 fully saturated rings. The van der Waals surface area contributed by atoms with Crippen molar-refractivity contribution in [1.29, 1.82) is 0 Å². The third kappa shape index (κ3) is 6.70. The van der Waals surface area contributed by atoms with Crippen molar-refractivity contribution in [3.63, 3.8) is 0 Å². The van der Waals surface area contributed by atoms with Crippen molar-refractivity contribution in [2.75, 3.05) is 24.2 Å². The molecule has 0 aliphatic heterocycles. The van der Waals surface area contributed by atoms with E-state index in [1.54, 1.807) is 6.92 Å². The van der Waals surface area contributed by atoms with Gasteiger partial charge in [0.1, 0.15) is 12.3 Å². The van der Waals surface area contributed by atoms with Gasteiger partial charge in [-0.25, -0.2) is 13.8 Å². The van der Waals surface area contributed by atoms with Crippen LogP contribution in [-0.2, 0) is 20.2 Å². The summed E-state index contributed by atoms with van der Waals surface area (Å²) < 4.78 is 30.5. The Morgan fingerprint density at radius 1 is 1.16 bits per heavy atom. The summed E-state index contributed by atoms with van der Waals surface area (Å²) >= 11 is 6.10. The van der Waals surface area contributed by atoms with Crippen molar-refractivity contribution in [3.05, 3.63) is 58.6 Å². The molecule has 0 aromatic heterocycles. The Kier molecular flexibility index (Phi) is 7.72. The first-order chi connectivity index (χ1) is 14.3. The van der Waals surface area contributed by atoms with Gasteiger partial charge in [-0.2, -0.15) is 5.10 Å². The van der Waals surface area contributed by atoms with E-state index in [0.29, 0.717) is 11.5 Å². The number of hydrogen-bond donors (Lipinski definition) is 1. The molecular weight excluding hydrogens is 438 g/mol. The van der Waals surface area contributed by atoms with Crippen LogP contribution in [0.3, 0.4) is 0 Å². The molecule has 0 unspecified atom stereocenters. The predicted molar refractivity (Wildman–Crippen MR) is 126 cm³/mol. The molecule has 31 heavy (non-hydrogen) atoms. The summed E-state index contributed by atoms with van der Waals surface area (Å²) in [6.07, 6.45) is 1.02. The Hall–Kier alpha value is -2.58. The van der Waals surface area contributed by atoms with Crippen molar-refractivity contribution in [2.45, 2.75) is 33.1 Å². The fraction of sp³-hybridized carbons (Fsp3) is 0.364. The first-order valence-electron chi connectivity index (χ1n) is 9.58. The predicted octanol–water partition coefficient (Wildman–Crippen LogP) is 3.95. The van der Waals surface area contributed by atoms with Crippen LogP contribution in [0.4, 0.5) is 5.69 Å². The molecule has 1 N–H and O–H groups in total. The number of hydrogen-bond acceptors (Lipinski definition) is 5. The molecule has 2 aromatic carbocycles. The number of ether oxygens (including phenoxy) is 1. The SMILES string of the molecule is COc1ccc(N(CC(=O)N/N=C(/C)c2ccc(C(C)(C)C)cc2)S(C)(=O)=O)cc1Cl. The average Bonchev–Trinajstić information content (AvgIpc) is 2.68. The Morgan fingerprint density at radius 3 is 2.26 bits per heavy atom. The van der Waals surface area contributed by atoms with Gasteiger partial charge in [0.15, 0.2) is 0 Å². The molecule has 0 heterocycles. The number of amides is 1. The summed E-state index contributed by atoms with van der Waals surface area (Å²) in [6, 6.07) is 12.4. The molecular formula is C22H28ClN3O4S. The number of nitrogens with zero attached hydrogens (tertiary/aromatic N) is 2. The van der Waals surface area contributed by atoms with E-state index in [1.807, 2.05) is 24.3 Å². The van der Waals surface area contributed by atoms with Crippen molar-refractivity contribution < 1.29 is 17.9 Å². The van der Waals surface area contributed by atoms with Crippen LogP contribution in [0.25, 0.3) is 0 Å². The van der Waals surface area contributed by atoms with Crippen molar-refractivity contribution in [1.82, 2.24) is 5.43 Å². The van der Waals surface area contributed by atoms with E-state index in [4.69, 9.17) is 16.3 Å². The number of rotatable bonds is 7. The average molecular weight is 466 g/mol. The number of nitrogens with one attached hydrogen (secondary N) is 1. The summed E-state index contributed by atoms with van der Waals surface area (Å²) in [7, 11) is -2.28. The van der Waals surface area contributed by atoms with Gasteiger partial charge in [-0.3, -0.25) is 9.10 Å². The second-order valence-electron chi connectivity index (χ2n) is 8.15. The van der Waals surface area contributed by atoms with Crippen LogP contribution in [0.2, 0.25) is 5.02 Å². The highest BCUT2D eigenvalue weighted by molar-refractivity contribution is 7.92. The third-order valence-electron chi connectivity index (χ3n) is 4.63. The van der Waals surface area contributed by atoms with Crippen LogP contribution in [0, 0.1) is 0 Å². The highest BCUT2D eigenvalue weighted by atomic mass is 35.5. The maximum atomic E-state index is 12.4. The molecule has 0 aliphatic carbocycles. The zero-order valence-electron chi connectivity index (χ0n) is 18.6. The zero-order chi connectivity index (χ0) is 23.4. The molecule has 1 amide bonds. The minimum Gasteiger partial charge on any atom is -0.495 e. The first kappa shape index (κ1) is 24.7. The van der Waals surface area contributed by atoms with Crippen molar-refractivity contribution in [2.24, 2.45) is 5.10 Å². The molecule has 2 rings (SSSR count). The Labute approximate surface area is 189 Å². The normalized spacial score (nSPS) is 12.4. The third-order valence-corrected chi connectivity index (χ3v) is 6.06.